The van der Waals surface area contributed by atoms with Crippen molar-refractivity contribution >= 4 is 0 Å². The number of nitrogens with one attached hydrogen (secondary N) is 1. The Kier molecular flexibility index (Phi) is 4.07. The Hall–Kier alpha value is -2.46. The molecule has 1 aromatic carbocycles. The molecule has 0 saturated heterocycles. The van der Waals surface area contributed by atoms with Crippen molar-refractivity contribution in [1.29, 1.82) is 0 Å². The number of hydrogen-bond acceptors (Lipinski definition) is 3. The van der Waals surface area contributed by atoms with Gasteiger partial charge in [0.15, 0.2) is 0 Å². The second-order valence-electron chi connectivity index (χ2n) is 5.02. The first kappa shape index (κ1) is 13.5. The molecule has 4 nitrogen and oxygen atoms in total. The van der Waals surface area contributed by atoms with Crippen LogP contribution in [-0.2, 0) is 6.54 Å². The lowest BCUT2D eigenvalue weighted by atomic mass is 10.1. The largest absolute Gasteiger partial charge is 0.306 e. The molecule has 0 bridgehead atoms. The van der Waals surface area contributed by atoms with Crippen LogP contribution in [0.25, 0.3) is 5.69 Å². The summed E-state index contributed by atoms with van der Waals surface area (Å²) in [5, 5.41) is 3.52. The highest BCUT2D eigenvalue weighted by molar-refractivity contribution is 5.35. The SMILES string of the molecule is CC(NCc1ccncc1)c1ccc(-n2ccnc2)cc1. The molecule has 3 rings (SSSR count). The minimum absolute atomic E-state index is 0.301. The van der Waals surface area contributed by atoms with Gasteiger partial charge in [-0.15, -0.1) is 0 Å². The Morgan fingerprint density at radius 3 is 2.43 bits per heavy atom. The van der Waals surface area contributed by atoms with Crippen LogP contribution in [0.1, 0.15) is 24.1 Å². The van der Waals surface area contributed by atoms with E-state index in [9.17, 15) is 0 Å². The highest BCUT2D eigenvalue weighted by Gasteiger charge is 2.05. The van der Waals surface area contributed by atoms with E-state index >= 15 is 0 Å². The van der Waals surface area contributed by atoms with Crippen LogP contribution in [0.5, 0.6) is 0 Å². The Balaban J connectivity index is 1.64. The predicted octanol–water partition coefficient (Wildman–Crippen LogP) is 3.12. The van der Waals surface area contributed by atoms with E-state index in [1.165, 1.54) is 11.1 Å². The first-order valence-corrected chi connectivity index (χ1v) is 7.03. The summed E-state index contributed by atoms with van der Waals surface area (Å²) in [4.78, 5) is 8.09. The number of nitrogens with zero attached hydrogens (tertiary/aromatic N) is 3. The van der Waals surface area contributed by atoms with Gasteiger partial charge in [-0.05, 0) is 42.3 Å². The molecule has 21 heavy (non-hydrogen) atoms. The van der Waals surface area contributed by atoms with Gasteiger partial charge in [-0.1, -0.05) is 12.1 Å². The number of pyridine rings is 1. The van der Waals surface area contributed by atoms with E-state index in [1.54, 1.807) is 12.5 Å². The molecule has 0 radical (unpaired) electrons. The summed E-state index contributed by atoms with van der Waals surface area (Å²) in [6.07, 6.45) is 9.18. The second-order valence-corrected chi connectivity index (χ2v) is 5.02. The van der Waals surface area contributed by atoms with Gasteiger partial charge in [-0.25, -0.2) is 4.98 Å². The van der Waals surface area contributed by atoms with E-state index < -0.39 is 0 Å². The molecular weight excluding hydrogens is 260 g/mol. The van der Waals surface area contributed by atoms with Gasteiger partial charge in [0.1, 0.15) is 0 Å². The quantitative estimate of drug-likeness (QED) is 0.779. The fraction of sp³-hybridized carbons (Fsp3) is 0.176. The summed E-state index contributed by atoms with van der Waals surface area (Å²) in [6.45, 7) is 3.01. The zero-order chi connectivity index (χ0) is 14.5. The number of imidazole rings is 1. The lowest BCUT2D eigenvalue weighted by molar-refractivity contribution is 0.574. The van der Waals surface area contributed by atoms with Gasteiger partial charge in [0.25, 0.3) is 0 Å². The summed E-state index contributed by atoms with van der Waals surface area (Å²) in [7, 11) is 0. The molecule has 4 heteroatoms. The summed E-state index contributed by atoms with van der Waals surface area (Å²) in [5.41, 5.74) is 3.64. The van der Waals surface area contributed by atoms with Crippen LogP contribution in [0, 0.1) is 0 Å². The van der Waals surface area contributed by atoms with Crippen LogP contribution in [-0.4, -0.2) is 14.5 Å². The Morgan fingerprint density at radius 2 is 1.76 bits per heavy atom. The summed E-state index contributed by atoms with van der Waals surface area (Å²) in [5.74, 6) is 0. The van der Waals surface area contributed by atoms with Gasteiger partial charge in [0.2, 0.25) is 0 Å². The molecule has 1 unspecified atom stereocenters. The lowest BCUT2D eigenvalue weighted by Crippen LogP contribution is -2.18. The lowest BCUT2D eigenvalue weighted by Gasteiger charge is -2.15. The molecule has 2 heterocycles. The third-order valence-corrected chi connectivity index (χ3v) is 3.56. The molecule has 1 atom stereocenters. The van der Waals surface area contributed by atoms with E-state index in [0.717, 1.165) is 12.2 Å². The highest BCUT2D eigenvalue weighted by atomic mass is 15.0. The zero-order valence-corrected chi connectivity index (χ0v) is 12.0. The molecule has 3 aromatic rings. The zero-order valence-electron chi connectivity index (χ0n) is 12.0. The van der Waals surface area contributed by atoms with Gasteiger partial charge in [-0.2, -0.15) is 0 Å². The molecular formula is C17H18N4. The van der Waals surface area contributed by atoms with Crippen LogP contribution in [0.3, 0.4) is 0 Å². The van der Waals surface area contributed by atoms with Crippen molar-refractivity contribution in [2.75, 3.05) is 0 Å². The number of benzene rings is 1. The standard InChI is InChI=1S/C17H18N4/c1-14(20-12-15-6-8-18-9-7-15)16-2-4-17(5-3-16)21-11-10-19-13-21/h2-11,13-14,20H,12H2,1H3. The van der Waals surface area contributed by atoms with Crippen molar-refractivity contribution in [3.05, 3.63) is 78.6 Å². The fourth-order valence-corrected chi connectivity index (χ4v) is 2.24. The Bertz CT molecular complexity index is 660. The smallest absolute Gasteiger partial charge is 0.0991 e. The molecule has 2 aromatic heterocycles. The second kappa shape index (κ2) is 6.33. The summed E-state index contributed by atoms with van der Waals surface area (Å²) >= 11 is 0. The van der Waals surface area contributed by atoms with Crippen LogP contribution < -0.4 is 5.32 Å². The minimum atomic E-state index is 0.301. The van der Waals surface area contributed by atoms with Gasteiger partial charge in [0.05, 0.1) is 6.33 Å². The molecule has 0 aliphatic carbocycles. The Morgan fingerprint density at radius 1 is 1.00 bits per heavy atom. The van der Waals surface area contributed by atoms with Crippen LogP contribution in [0.2, 0.25) is 0 Å². The van der Waals surface area contributed by atoms with Crippen molar-refractivity contribution in [3.63, 3.8) is 0 Å². The van der Waals surface area contributed by atoms with E-state index in [-0.39, 0.29) is 0 Å². The third kappa shape index (κ3) is 3.35. The average Bonchev–Trinajstić information content (AvgIpc) is 3.08. The number of aromatic nitrogens is 3. The Labute approximate surface area is 124 Å². The maximum Gasteiger partial charge on any atom is 0.0991 e. The van der Waals surface area contributed by atoms with Gasteiger partial charge in [-0.3, -0.25) is 4.98 Å². The average molecular weight is 278 g/mol. The molecule has 0 aliphatic rings. The molecule has 0 spiro atoms. The van der Waals surface area contributed by atoms with Crippen LogP contribution >= 0.6 is 0 Å². The normalized spacial score (nSPS) is 12.2. The van der Waals surface area contributed by atoms with E-state index in [4.69, 9.17) is 0 Å². The fourth-order valence-electron chi connectivity index (χ4n) is 2.24. The highest BCUT2D eigenvalue weighted by Crippen LogP contribution is 2.16. The maximum atomic E-state index is 4.06. The monoisotopic (exact) mass is 278 g/mol. The topological polar surface area (TPSA) is 42.7 Å². The van der Waals surface area contributed by atoms with Crippen molar-refractivity contribution in [2.24, 2.45) is 0 Å². The van der Waals surface area contributed by atoms with Gasteiger partial charge < -0.3 is 9.88 Å². The third-order valence-electron chi connectivity index (χ3n) is 3.56. The van der Waals surface area contributed by atoms with Crippen molar-refractivity contribution in [3.8, 4) is 5.69 Å². The summed E-state index contributed by atoms with van der Waals surface area (Å²) < 4.78 is 2.00. The molecule has 0 aliphatic heterocycles. The van der Waals surface area contributed by atoms with Crippen LogP contribution in [0.4, 0.5) is 0 Å². The number of hydrogen-bond donors (Lipinski definition) is 1. The number of rotatable bonds is 5. The maximum absolute atomic E-state index is 4.06. The van der Waals surface area contributed by atoms with Crippen molar-refractivity contribution in [1.82, 2.24) is 19.9 Å². The summed E-state index contributed by atoms with van der Waals surface area (Å²) in [6, 6.07) is 12.9. The molecule has 0 amide bonds. The molecule has 1 N–H and O–H groups in total. The van der Waals surface area contributed by atoms with E-state index in [2.05, 4.69) is 46.5 Å². The van der Waals surface area contributed by atoms with Crippen molar-refractivity contribution in [2.45, 2.75) is 19.5 Å². The molecule has 0 fully saturated rings. The first-order valence-electron chi connectivity index (χ1n) is 7.03. The minimum Gasteiger partial charge on any atom is -0.306 e. The molecule has 106 valence electrons. The predicted molar refractivity (Wildman–Crippen MR) is 83.1 cm³/mol. The molecule has 0 saturated carbocycles. The van der Waals surface area contributed by atoms with Crippen LogP contribution in [0.15, 0.2) is 67.5 Å². The van der Waals surface area contributed by atoms with E-state index in [0.29, 0.717) is 6.04 Å². The van der Waals surface area contributed by atoms with Gasteiger partial charge >= 0.3 is 0 Å². The van der Waals surface area contributed by atoms with E-state index in [1.807, 2.05) is 35.3 Å². The van der Waals surface area contributed by atoms with Crippen molar-refractivity contribution < 1.29 is 0 Å². The van der Waals surface area contributed by atoms with Gasteiger partial charge in [0, 0.05) is 43.1 Å². The first-order chi connectivity index (χ1) is 10.3.